The van der Waals surface area contributed by atoms with Gasteiger partial charge in [0.2, 0.25) is 0 Å². The second kappa shape index (κ2) is 11.2. The van der Waals surface area contributed by atoms with Gasteiger partial charge in [-0.2, -0.15) is 11.3 Å². The minimum Gasteiger partial charge on any atom is -0.466 e. The first-order valence-electron chi connectivity index (χ1n) is 9.61. The quantitative estimate of drug-likeness (QED) is 0.298. The van der Waals surface area contributed by atoms with E-state index in [0.717, 1.165) is 45.0 Å². The van der Waals surface area contributed by atoms with Crippen molar-refractivity contribution in [3.05, 3.63) is 46.5 Å². The van der Waals surface area contributed by atoms with Crippen LogP contribution in [0.5, 0.6) is 0 Å². The summed E-state index contributed by atoms with van der Waals surface area (Å²) in [6.07, 6.45) is 3.74. The van der Waals surface area contributed by atoms with Crippen molar-refractivity contribution in [3.63, 3.8) is 0 Å². The molecule has 0 amide bonds. The summed E-state index contributed by atoms with van der Waals surface area (Å²) < 4.78 is 5.33. The van der Waals surface area contributed by atoms with Gasteiger partial charge in [-0.25, -0.2) is 4.99 Å². The first kappa shape index (κ1) is 23.2. The summed E-state index contributed by atoms with van der Waals surface area (Å²) >= 11 is 1.76. The Morgan fingerprint density at radius 1 is 1.39 bits per heavy atom. The van der Waals surface area contributed by atoms with Crippen LogP contribution >= 0.6 is 35.3 Å². The molecule has 3 rings (SSSR count). The summed E-state index contributed by atoms with van der Waals surface area (Å²) in [6, 6.07) is 6.16. The number of aliphatic imine (C=N–C) groups is 1. The second-order valence-corrected chi connectivity index (χ2v) is 8.05. The van der Waals surface area contributed by atoms with Crippen LogP contribution in [0.4, 0.5) is 0 Å². The van der Waals surface area contributed by atoms with Crippen LogP contribution in [-0.4, -0.2) is 48.2 Å². The molecule has 1 aliphatic rings. The smallest absolute Gasteiger partial charge is 0.191 e. The first-order chi connectivity index (χ1) is 13.1. The largest absolute Gasteiger partial charge is 0.466 e. The lowest BCUT2D eigenvalue weighted by Crippen LogP contribution is -2.48. The molecule has 3 N–H and O–H groups in total. The van der Waals surface area contributed by atoms with Crippen LogP contribution in [0.15, 0.2) is 44.6 Å². The van der Waals surface area contributed by atoms with E-state index in [2.05, 4.69) is 37.4 Å². The zero-order chi connectivity index (χ0) is 19.1. The van der Waals surface area contributed by atoms with Crippen LogP contribution in [0.25, 0.3) is 0 Å². The van der Waals surface area contributed by atoms with Gasteiger partial charge < -0.3 is 20.2 Å². The summed E-state index contributed by atoms with van der Waals surface area (Å²) in [7, 11) is 0. The topological polar surface area (TPSA) is 73.0 Å². The van der Waals surface area contributed by atoms with Crippen LogP contribution in [0.1, 0.15) is 38.0 Å². The highest BCUT2D eigenvalue weighted by atomic mass is 127. The number of nitrogens with one attached hydrogen (secondary N) is 2. The zero-order valence-corrected chi connectivity index (χ0v) is 19.7. The lowest BCUT2D eigenvalue weighted by atomic mass is 10.0. The molecule has 0 radical (unpaired) electrons. The summed E-state index contributed by atoms with van der Waals surface area (Å²) in [5, 5.41) is 21.8. The van der Waals surface area contributed by atoms with E-state index in [-0.39, 0.29) is 30.5 Å². The van der Waals surface area contributed by atoms with Crippen LogP contribution in [0.3, 0.4) is 0 Å². The van der Waals surface area contributed by atoms with Gasteiger partial charge in [0.25, 0.3) is 0 Å². The number of nitrogens with zero attached hydrogens (tertiary/aromatic N) is 2. The monoisotopic (exact) mass is 518 g/mol. The average Bonchev–Trinajstić information content (AvgIpc) is 3.36. The lowest BCUT2D eigenvalue weighted by molar-refractivity contribution is 0.0436. The lowest BCUT2D eigenvalue weighted by Gasteiger charge is -2.33. The van der Waals surface area contributed by atoms with E-state index in [1.54, 1.807) is 36.7 Å². The maximum Gasteiger partial charge on any atom is 0.191 e. The maximum atomic E-state index is 10.6. The summed E-state index contributed by atoms with van der Waals surface area (Å²) in [6.45, 7) is 8.00. The molecule has 0 saturated carbocycles. The Morgan fingerprint density at radius 2 is 2.18 bits per heavy atom. The van der Waals surface area contributed by atoms with E-state index in [0.29, 0.717) is 11.8 Å². The van der Waals surface area contributed by atoms with E-state index in [1.165, 1.54) is 5.56 Å². The van der Waals surface area contributed by atoms with Crippen LogP contribution in [0.2, 0.25) is 0 Å². The predicted molar refractivity (Wildman–Crippen MR) is 125 cm³/mol. The Morgan fingerprint density at radius 3 is 2.79 bits per heavy atom. The normalized spacial score (nSPS) is 18.3. The van der Waals surface area contributed by atoms with Crippen molar-refractivity contribution in [1.82, 2.24) is 15.5 Å². The Hall–Kier alpha value is -1.10. The maximum absolute atomic E-state index is 10.6. The van der Waals surface area contributed by atoms with Crippen LogP contribution < -0.4 is 10.6 Å². The standard InChI is InChI=1S/C20H30N4O2S.HI/c1-3-21-19(22-15-20(2,25)18-5-4-11-26-18)23-17-6-9-24(10-7-17)13-16-8-12-27-14-16;/h4-5,8,11-12,14,17,25H,3,6-7,9-10,13,15H2,1-2H3,(H2,21,22,23);1H. The molecule has 1 fully saturated rings. The molecule has 1 saturated heterocycles. The van der Waals surface area contributed by atoms with Crippen molar-refractivity contribution in [2.45, 2.75) is 44.9 Å². The van der Waals surface area contributed by atoms with Gasteiger partial charge in [-0.1, -0.05) is 0 Å². The number of hydrogen-bond donors (Lipinski definition) is 3. The minimum absolute atomic E-state index is 0. The number of likely N-dealkylation sites (tertiary alicyclic amines) is 1. The van der Waals surface area contributed by atoms with Crippen molar-refractivity contribution in [3.8, 4) is 0 Å². The third kappa shape index (κ3) is 6.75. The zero-order valence-electron chi connectivity index (χ0n) is 16.6. The van der Waals surface area contributed by atoms with Gasteiger partial charge in [0.05, 0.1) is 12.8 Å². The van der Waals surface area contributed by atoms with Crippen molar-refractivity contribution in [1.29, 1.82) is 0 Å². The van der Waals surface area contributed by atoms with Gasteiger partial charge in [-0.15, -0.1) is 24.0 Å². The molecule has 156 valence electrons. The number of furan rings is 1. The molecule has 6 nitrogen and oxygen atoms in total. The molecule has 2 aromatic heterocycles. The Bertz CT molecular complexity index is 696. The summed E-state index contributed by atoms with van der Waals surface area (Å²) in [4.78, 5) is 7.09. The number of rotatable bonds is 7. The van der Waals surface area contributed by atoms with E-state index < -0.39 is 5.60 Å². The van der Waals surface area contributed by atoms with E-state index in [1.807, 2.05) is 6.92 Å². The number of thiophene rings is 1. The molecule has 28 heavy (non-hydrogen) atoms. The third-order valence-corrected chi connectivity index (χ3v) is 5.59. The number of hydrogen-bond acceptors (Lipinski definition) is 5. The molecule has 1 aliphatic heterocycles. The van der Waals surface area contributed by atoms with E-state index in [4.69, 9.17) is 4.42 Å². The molecule has 1 unspecified atom stereocenters. The fourth-order valence-electron chi connectivity index (χ4n) is 3.29. The molecule has 0 aromatic carbocycles. The summed E-state index contributed by atoms with van der Waals surface area (Å²) in [5.41, 5.74) is 0.289. The Labute approximate surface area is 188 Å². The van der Waals surface area contributed by atoms with Gasteiger partial charge in [-0.3, -0.25) is 4.90 Å². The highest BCUT2D eigenvalue weighted by Crippen LogP contribution is 2.21. The Kier molecular flexibility index (Phi) is 9.26. The van der Waals surface area contributed by atoms with Gasteiger partial charge >= 0.3 is 0 Å². The van der Waals surface area contributed by atoms with Crippen LogP contribution in [0, 0.1) is 0 Å². The van der Waals surface area contributed by atoms with Gasteiger partial charge in [-0.05, 0) is 61.2 Å². The van der Waals surface area contributed by atoms with E-state index in [9.17, 15) is 5.11 Å². The first-order valence-corrected chi connectivity index (χ1v) is 10.6. The molecular formula is C20H31IN4O2S. The minimum atomic E-state index is -1.12. The number of piperidine rings is 1. The van der Waals surface area contributed by atoms with Crippen molar-refractivity contribution < 1.29 is 9.52 Å². The number of aliphatic hydroxyl groups is 1. The van der Waals surface area contributed by atoms with Gasteiger partial charge in [0.1, 0.15) is 11.4 Å². The molecule has 3 heterocycles. The SMILES string of the molecule is CCNC(=NCC(C)(O)c1ccco1)NC1CCN(Cc2ccsc2)CC1.I. The molecule has 1 atom stereocenters. The molecule has 8 heteroatoms. The molecule has 0 bridgehead atoms. The number of guanidine groups is 1. The molecule has 0 aliphatic carbocycles. The van der Waals surface area contributed by atoms with E-state index >= 15 is 0 Å². The Balaban J connectivity index is 0.00000280. The van der Waals surface area contributed by atoms with Crippen LogP contribution in [-0.2, 0) is 12.1 Å². The second-order valence-electron chi connectivity index (χ2n) is 7.27. The van der Waals surface area contributed by atoms with Gasteiger partial charge in [0.15, 0.2) is 5.96 Å². The van der Waals surface area contributed by atoms with Gasteiger partial charge in [0, 0.05) is 32.2 Å². The molecule has 2 aromatic rings. The molecule has 0 spiro atoms. The highest BCUT2D eigenvalue weighted by Gasteiger charge is 2.26. The predicted octanol–water partition coefficient (Wildman–Crippen LogP) is 3.39. The van der Waals surface area contributed by atoms with Crippen molar-refractivity contribution in [2.24, 2.45) is 4.99 Å². The highest BCUT2D eigenvalue weighted by molar-refractivity contribution is 14.0. The fraction of sp³-hybridized carbons (Fsp3) is 0.550. The molecular weight excluding hydrogens is 487 g/mol. The fourth-order valence-corrected chi connectivity index (χ4v) is 3.95. The van der Waals surface area contributed by atoms with Crippen molar-refractivity contribution >= 4 is 41.3 Å². The average molecular weight is 518 g/mol. The number of halogens is 1. The summed E-state index contributed by atoms with van der Waals surface area (Å²) in [5.74, 6) is 1.28. The third-order valence-electron chi connectivity index (χ3n) is 4.86. The van der Waals surface area contributed by atoms with Crippen molar-refractivity contribution in [2.75, 3.05) is 26.2 Å².